The Morgan fingerprint density at radius 1 is 1.11 bits per heavy atom. The monoisotopic (exact) mass is 355 g/mol. The number of benzene rings is 2. The number of hydrogen-bond donors (Lipinski definition) is 0. The SMILES string of the molecule is Cc1ccc2c(oc3ccc(C#N)c(CC(C)C)c32)c1-c1cccc[n+]1C. The third-order valence-electron chi connectivity index (χ3n) is 5.17. The van der Waals surface area contributed by atoms with Gasteiger partial charge in [-0.1, -0.05) is 26.0 Å². The number of pyridine rings is 1. The molecule has 0 amide bonds. The minimum absolute atomic E-state index is 0.462. The van der Waals surface area contributed by atoms with E-state index < -0.39 is 0 Å². The Balaban J connectivity index is 2.14. The van der Waals surface area contributed by atoms with Crippen molar-refractivity contribution in [3.8, 4) is 17.3 Å². The summed E-state index contributed by atoms with van der Waals surface area (Å²) in [6.45, 7) is 6.48. The van der Waals surface area contributed by atoms with Gasteiger partial charge in [-0.25, -0.2) is 4.57 Å². The van der Waals surface area contributed by atoms with Crippen molar-refractivity contribution in [1.82, 2.24) is 0 Å². The molecule has 0 atom stereocenters. The highest BCUT2D eigenvalue weighted by molar-refractivity contribution is 6.11. The highest BCUT2D eigenvalue weighted by atomic mass is 16.3. The van der Waals surface area contributed by atoms with Gasteiger partial charge in [0, 0.05) is 22.9 Å². The van der Waals surface area contributed by atoms with E-state index in [4.69, 9.17) is 4.42 Å². The van der Waals surface area contributed by atoms with Crippen LogP contribution in [0.2, 0.25) is 0 Å². The number of aryl methyl sites for hydroxylation is 2. The lowest BCUT2D eigenvalue weighted by atomic mass is 9.92. The zero-order valence-corrected chi connectivity index (χ0v) is 16.2. The number of nitrogens with zero attached hydrogens (tertiary/aromatic N) is 2. The molecule has 0 aliphatic heterocycles. The second kappa shape index (κ2) is 6.55. The van der Waals surface area contributed by atoms with Crippen molar-refractivity contribution in [2.45, 2.75) is 27.2 Å². The summed E-state index contributed by atoms with van der Waals surface area (Å²) in [5.74, 6) is 0.462. The van der Waals surface area contributed by atoms with Crippen LogP contribution in [0.25, 0.3) is 33.2 Å². The smallest absolute Gasteiger partial charge is 0.216 e. The molecular formula is C24H23N2O+. The summed E-state index contributed by atoms with van der Waals surface area (Å²) in [4.78, 5) is 0. The minimum atomic E-state index is 0.462. The summed E-state index contributed by atoms with van der Waals surface area (Å²) < 4.78 is 8.49. The lowest BCUT2D eigenvalue weighted by Crippen LogP contribution is -2.30. The van der Waals surface area contributed by atoms with E-state index in [1.54, 1.807) is 0 Å². The van der Waals surface area contributed by atoms with Crippen LogP contribution in [-0.4, -0.2) is 0 Å². The summed E-state index contributed by atoms with van der Waals surface area (Å²) in [7, 11) is 2.05. The van der Waals surface area contributed by atoms with Crippen molar-refractivity contribution < 1.29 is 8.98 Å². The number of hydrogen-bond acceptors (Lipinski definition) is 2. The van der Waals surface area contributed by atoms with Crippen LogP contribution in [0.1, 0.15) is 30.5 Å². The molecular weight excluding hydrogens is 332 g/mol. The van der Waals surface area contributed by atoms with Gasteiger partial charge in [0.15, 0.2) is 6.20 Å². The number of nitriles is 1. The van der Waals surface area contributed by atoms with Gasteiger partial charge in [-0.2, -0.15) is 5.26 Å². The summed E-state index contributed by atoms with van der Waals surface area (Å²) in [6, 6.07) is 16.7. The molecule has 0 saturated carbocycles. The fraction of sp³-hybridized carbons (Fsp3) is 0.250. The topological polar surface area (TPSA) is 40.8 Å². The molecule has 2 heterocycles. The maximum Gasteiger partial charge on any atom is 0.216 e. The predicted octanol–water partition coefficient (Wildman–Crippen LogP) is 5.46. The molecule has 3 nitrogen and oxygen atoms in total. The first-order valence-electron chi connectivity index (χ1n) is 9.34. The van der Waals surface area contributed by atoms with E-state index in [0.717, 1.165) is 50.7 Å². The van der Waals surface area contributed by atoms with Crippen LogP contribution >= 0.6 is 0 Å². The molecule has 4 rings (SSSR count). The quantitative estimate of drug-likeness (QED) is 0.458. The van der Waals surface area contributed by atoms with Gasteiger partial charge in [0.2, 0.25) is 5.69 Å². The lowest BCUT2D eigenvalue weighted by Gasteiger charge is -2.09. The van der Waals surface area contributed by atoms with Gasteiger partial charge in [0.25, 0.3) is 0 Å². The number of furan rings is 1. The Kier molecular flexibility index (Phi) is 4.20. The average molecular weight is 355 g/mol. The van der Waals surface area contributed by atoms with Crippen molar-refractivity contribution in [1.29, 1.82) is 5.26 Å². The highest BCUT2D eigenvalue weighted by Gasteiger charge is 2.22. The first kappa shape index (κ1) is 17.3. The third-order valence-corrected chi connectivity index (χ3v) is 5.17. The zero-order valence-electron chi connectivity index (χ0n) is 16.2. The van der Waals surface area contributed by atoms with Gasteiger partial charge in [0.05, 0.1) is 17.2 Å². The van der Waals surface area contributed by atoms with E-state index >= 15 is 0 Å². The van der Waals surface area contributed by atoms with Crippen molar-refractivity contribution >= 4 is 21.9 Å². The Labute approximate surface area is 159 Å². The van der Waals surface area contributed by atoms with Crippen molar-refractivity contribution in [2.24, 2.45) is 13.0 Å². The largest absolute Gasteiger partial charge is 0.455 e. The molecule has 0 aliphatic carbocycles. The Bertz CT molecular complexity index is 1210. The van der Waals surface area contributed by atoms with Crippen LogP contribution < -0.4 is 4.57 Å². The summed E-state index contributed by atoms with van der Waals surface area (Å²) in [6.07, 6.45) is 2.91. The van der Waals surface area contributed by atoms with Crippen molar-refractivity contribution in [2.75, 3.05) is 0 Å². The van der Waals surface area contributed by atoms with Gasteiger partial charge < -0.3 is 4.42 Å². The Morgan fingerprint density at radius 3 is 2.63 bits per heavy atom. The van der Waals surface area contributed by atoms with Crippen LogP contribution in [0.15, 0.2) is 53.1 Å². The molecule has 0 radical (unpaired) electrons. The normalized spacial score (nSPS) is 11.4. The first-order valence-corrected chi connectivity index (χ1v) is 9.34. The third kappa shape index (κ3) is 2.78. The molecule has 4 aromatic rings. The highest BCUT2D eigenvalue weighted by Crippen LogP contribution is 2.39. The zero-order chi connectivity index (χ0) is 19.1. The van der Waals surface area contributed by atoms with Gasteiger partial charge >= 0.3 is 0 Å². The lowest BCUT2D eigenvalue weighted by molar-refractivity contribution is -0.660. The molecule has 0 fully saturated rings. The molecule has 0 unspecified atom stereocenters. The number of rotatable bonds is 3. The maximum absolute atomic E-state index is 9.63. The minimum Gasteiger partial charge on any atom is -0.455 e. The van der Waals surface area contributed by atoms with Gasteiger partial charge in [-0.15, -0.1) is 0 Å². The van der Waals surface area contributed by atoms with Crippen LogP contribution in [0, 0.1) is 24.2 Å². The van der Waals surface area contributed by atoms with Crippen molar-refractivity contribution in [3.05, 3.63) is 65.4 Å². The van der Waals surface area contributed by atoms with Crippen LogP contribution in [0.4, 0.5) is 0 Å². The summed E-state index contributed by atoms with van der Waals surface area (Å²) >= 11 is 0. The fourth-order valence-electron chi connectivity index (χ4n) is 3.93. The van der Waals surface area contributed by atoms with Gasteiger partial charge in [-0.3, -0.25) is 0 Å². The van der Waals surface area contributed by atoms with Gasteiger partial charge in [-0.05, 0) is 48.6 Å². The standard InChI is InChI=1S/C24H23N2O/c1-15(2)13-19-17(14-25)9-11-21-23(19)18-10-8-16(3)22(24(18)27-21)20-7-5-6-12-26(20)4/h5-12,15H,13H2,1-4H3/q+1. The first-order chi connectivity index (χ1) is 13.0. The van der Waals surface area contributed by atoms with E-state index in [2.05, 4.69) is 49.6 Å². The van der Waals surface area contributed by atoms with E-state index in [-0.39, 0.29) is 0 Å². The second-order valence-electron chi connectivity index (χ2n) is 7.61. The molecule has 2 aromatic carbocycles. The Hall–Kier alpha value is -3.12. The summed E-state index contributed by atoms with van der Waals surface area (Å²) in [5.41, 5.74) is 6.99. The fourth-order valence-corrected chi connectivity index (χ4v) is 3.93. The molecule has 2 aromatic heterocycles. The second-order valence-corrected chi connectivity index (χ2v) is 7.61. The molecule has 27 heavy (non-hydrogen) atoms. The van der Waals surface area contributed by atoms with E-state index in [0.29, 0.717) is 5.92 Å². The van der Waals surface area contributed by atoms with Crippen molar-refractivity contribution in [3.63, 3.8) is 0 Å². The van der Waals surface area contributed by atoms with E-state index in [1.165, 1.54) is 5.56 Å². The molecule has 0 spiro atoms. The van der Waals surface area contributed by atoms with Gasteiger partial charge in [0.1, 0.15) is 18.2 Å². The van der Waals surface area contributed by atoms with Crippen LogP contribution in [0.5, 0.6) is 0 Å². The maximum atomic E-state index is 9.63. The van der Waals surface area contributed by atoms with E-state index in [1.807, 2.05) is 37.5 Å². The average Bonchev–Trinajstić information content (AvgIpc) is 3.01. The number of fused-ring (bicyclic) bond motifs is 3. The number of aromatic nitrogens is 1. The molecule has 0 aliphatic rings. The van der Waals surface area contributed by atoms with E-state index in [9.17, 15) is 5.26 Å². The van der Waals surface area contributed by atoms with Crippen LogP contribution in [0.3, 0.4) is 0 Å². The molecule has 0 bridgehead atoms. The molecule has 0 saturated heterocycles. The molecule has 3 heteroatoms. The molecule has 0 N–H and O–H groups in total. The summed E-state index contributed by atoms with van der Waals surface area (Å²) in [5, 5.41) is 11.8. The molecule has 134 valence electrons. The Morgan fingerprint density at radius 2 is 1.93 bits per heavy atom. The predicted molar refractivity (Wildman–Crippen MR) is 108 cm³/mol. The van der Waals surface area contributed by atoms with Crippen LogP contribution in [-0.2, 0) is 13.5 Å².